The van der Waals surface area contributed by atoms with E-state index in [9.17, 15) is 13.5 Å². The van der Waals surface area contributed by atoms with Crippen LogP contribution >= 0.6 is 11.6 Å². The van der Waals surface area contributed by atoms with Crippen LogP contribution in [0.5, 0.6) is 0 Å². The Morgan fingerprint density at radius 3 is 2.72 bits per heavy atom. The Kier molecular flexibility index (Phi) is 3.91. The molecule has 1 saturated carbocycles. The molecule has 1 aromatic heterocycles. The highest BCUT2D eigenvalue weighted by molar-refractivity contribution is 7.89. The molecule has 2 N–H and O–H groups in total. The van der Waals surface area contributed by atoms with Crippen LogP contribution in [0, 0.1) is 0 Å². The SMILES string of the molecule is O=S(=O)(NCC1(O)CCCC1)c1cccnc1Cl. The molecule has 0 amide bonds. The van der Waals surface area contributed by atoms with Gasteiger partial charge in [0.25, 0.3) is 0 Å². The largest absolute Gasteiger partial charge is 0.389 e. The van der Waals surface area contributed by atoms with Crippen molar-refractivity contribution in [2.75, 3.05) is 6.54 Å². The smallest absolute Gasteiger partial charge is 0.243 e. The fourth-order valence-corrected chi connectivity index (χ4v) is 3.66. The van der Waals surface area contributed by atoms with Crippen molar-refractivity contribution < 1.29 is 13.5 Å². The van der Waals surface area contributed by atoms with Gasteiger partial charge in [-0.25, -0.2) is 18.1 Å². The van der Waals surface area contributed by atoms with Gasteiger partial charge in [0.1, 0.15) is 10.0 Å². The van der Waals surface area contributed by atoms with E-state index < -0.39 is 15.6 Å². The fourth-order valence-electron chi connectivity index (χ4n) is 2.09. The highest BCUT2D eigenvalue weighted by Crippen LogP contribution is 2.29. The van der Waals surface area contributed by atoms with Crippen LogP contribution in [0.4, 0.5) is 0 Å². The van der Waals surface area contributed by atoms with E-state index in [1.807, 2.05) is 0 Å². The molecule has 0 radical (unpaired) electrons. The number of pyridine rings is 1. The van der Waals surface area contributed by atoms with Crippen molar-refractivity contribution in [3.05, 3.63) is 23.5 Å². The molecule has 0 spiro atoms. The summed E-state index contributed by atoms with van der Waals surface area (Å²) in [6.45, 7) is 0.0144. The average molecular weight is 291 g/mol. The standard InChI is InChI=1S/C11H15ClN2O3S/c12-10-9(4-3-7-13-10)18(16,17)14-8-11(15)5-1-2-6-11/h3-4,7,14-15H,1-2,5-6,8H2. The summed E-state index contributed by atoms with van der Waals surface area (Å²) in [5.74, 6) is 0. The summed E-state index contributed by atoms with van der Waals surface area (Å²) in [5, 5.41) is 10.0. The minimum Gasteiger partial charge on any atom is -0.389 e. The molecule has 0 saturated heterocycles. The Bertz CT molecular complexity index is 527. The monoisotopic (exact) mass is 290 g/mol. The quantitative estimate of drug-likeness (QED) is 0.820. The zero-order chi connectivity index (χ0) is 13.2. The third-order valence-corrected chi connectivity index (χ3v) is 4.99. The molecule has 0 aromatic carbocycles. The molecule has 5 nitrogen and oxygen atoms in total. The first-order valence-electron chi connectivity index (χ1n) is 5.76. The molecule has 1 heterocycles. The fraction of sp³-hybridized carbons (Fsp3) is 0.545. The van der Waals surface area contributed by atoms with Gasteiger partial charge >= 0.3 is 0 Å². The van der Waals surface area contributed by atoms with Gasteiger partial charge in [0, 0.05) is 12.7 Å². The second-order valence-corrected chi connectivity index (χ2v) is 6.64. The molecule has 2 rings (SSSR count). The number of sulfonamides is 1. The first kappa shape index (κ1) is 13.7. The molecular weight excluding hydrogens is 276 g/mol. The first-order chi connectivity index (χ1) is 8.43. The molecule has 0 bridgehead atoms. The maximum atomic E-state index is 12.0. The zero-order valence-corrected chi connectivity index (χ0v) is 11.3. The Morgan fingerprint density at radius 1 is 1.44 bits per heavy atom. The topological polar surface area (TPSA) is 79.3 Å². The van der Waals surface area contributed by atoms with Gasteiger partial charge in [-0.2, -0.15) is 0 Å². The molecule has 1 fully saturated rings. The van der Waals surface area contributed by atoms with E-state index in [0.717, 1.165) is 12.8 Å². The zero-order valence-electron chi connectivity index (χ0n) is 9.76. The van der Waals surface area contributed by atoms with Crippen LogP contribution in [0.25, 0.3) is 0 Å². The number of rotatable bonds is 4. The molecule has 7 heteroatoms. The Balaban J connectivity index is 2.11. The summed E-state index contributed by atoms with van der Waals surface area (Å²) in [7, 11) is -3.72. The molecule has 0 aliphatic heterocycles. The minimum absolute atomic E-state index is 0.0144. The van der Waals surface area contributed by atoms with Gasteiger partial charge in [-0.05, 0) is 25.0 Å². The maximum Gasteiger partial charge on any atom is 0.243 e. The maximum absolute atomic E-state index is 12.0. The van der Waals surface area contributed by atoms with E-state index in [1.165, 1.54) is 18.3 Å². The van der Waals surface area contributed by atoms with Crippen molar-refractivity contribution in [2.24, 2.45) is 0 Å². The van der Waals surface area contributed by atoms with E-state index in [2.05, 4.69) is 9.71 Å². The highest BCUT2D eigenvalue weighted by atomic mass is 35.5. The minimum atomic E-state index is -3.72. The molecule has 0 atom stereocenters. The summed E-state index contributed by atoms with van der Waals surface area (Å²) in [6.07, 6.45) is 4.51. The second kappa shape index (κ2) is 5.13. The summed E-state index contributed by atoms with van der Waals surface area (Å²) < 4.78 is 26.4. The molecule has 1 aromatic rings. The van der Waals surface area contributed by atoms with Gasteiger partial charge in [0.05, 0.1) is 5.60 Å². The Hall–Kier alpha value is -0.690. The third kappa shape index (κ3) is 3.00. The predicted octanol–water partition coefficient (Wildman–Crippen LogP) is 1.32. The van der Waals surface area contributed by atoms with Gasteiger partial charge in [0.15, 0.2) is 0 Å². The van der Waals surface area contributed by atoms with Crippen LogP contribution in [-0.2, 0) is 10.0 Å². The second-order valence-electron chi connectivity index (χ2n) is 4.55. The summed E-state index contributed by atoms with van der Waals surface area (Å²) in [6, 6.07) is 2.89. The lowest BCUT2D eigenvalue weighted by atomic mass is 10.0. The van der Waals surface area contributed by atoms with Gasteiger partial charge in [-0.3, -0.25) is 0 Å². The van der Waals surface area contributed by atoms with Crippen molar-refractivity contribution in [3.63, 3.8) is 0 Å². The highest BCUT2D eigenvalue weighted by Gasteiger charge is 2.32. The lowest BCUT2D eigenvalue weighted by Gasteiger charge is -2.22. The van der Waals surface area contributed by atoms with E-state index in [0.29, 0.717) is 12.8 Å². The number of hydrogen-bond acceptors (Lipinski definition) is 4. The molecular formula is C11H15ClN2O3S. The predicted molar refractivity (Wildman–Crippen MR) is 67.9 cm³/mol. The molecule has 1 aliphatic carbocycles. The number of aromatic nitrogens is 1. The van der Waals surface area contributed by atoms with Crippen LogP contribution in [-0.4, -0.2) is 30.7 Å². The van der Waals surface area contributed by atoms with Gasteiger partial charge in [0.2, 0.25) is 10.0 Å². The number of halogens is 1. The third-order valence-electron chi connectivity index (χ3n) is 3.14. The van der Waals surface area contributed by atoms with E-state index in [1.54, 1.807) is 0 Å². The van der Waals surface area contributed by atoms with Crippen molar-refractivity contribution in [1.29, 1.82) is 0 Å². The van der Waals surface area contributed by atoms with Crippen LogP contribution in [0.2, 0.25) is 5.15 Å². The van der Waals surface area contributed by atoms with Crippen LogP contribution in [0.15, 0.2) is 23.2 Å². The Morgan fingerprint density at radius 2 is 2.11 bits per heavy atom. The normalized spacial score (nSPS) is 19.0. The number of hydrogen-bond donors (Lipinski definition) is 2. The molecule has 100 valence electrons. The van der Waals surface area contributed by atoms with Crippen LogP contribution in [0.3, 0.4) is 0 Å². The summed E-state index contributed by atoms with van der Waals surface area (Å²) >= 11 is 5.75. The van der Waals surface area contributed by atoms with Crippen molar-refractivity contribution in [2.45, 2.75) is 36.2 Å². The first-order valence-corrected chi connectivity index (χ1v) is 7.62. The van der Waals surface area contributed by atoms with Crippen LogP contribution < -0.4 is 4.72 Å². The van der Waals surface area contributed by atoms with Crippen molar-refractivity contribution in [1.82, 2.24) is 9.71 Å². The van der Waals surface area contributed by atoms with E-state index in [4.69, 9.17) is 11.6 Å². The molecule has 18 heavy (non-hydrogen) atoms. The average Bonchev–Trinajstić information content (AvgIpc) is 2.75. The van der Waals surface area contributed by atoms with E-state index >= 15 is 0 Å². The van der Waals surface area contributed by atoms with E-state index in [-0.39, 0.29) is 16.6 Å². The van der Waals surface area contributed by atoms with Gasteiger partial charge < -0.3 is 5.11 Å². The number of aliphatic hydroxyl groups is 1. The lowest BCUT2D eigenvalue weighted by Crippen LogP contribution is -2.40. The summed E-state index contributed by atoms with van der Waals surface area (Å²) in [5.41, 5.74) is -0.929. The lowest BCUT2D eigenvalue weighted by molar-refractivity contribution is 0.0532. The van der Waals surface area contributed by atoms with Crippen molar-refractivity contribution in [3.8, 4) is 0 Å². The Labute approximate surface area is 111 Å². The summed E-state index contributed by atoms with van der Waals surface area (Å²) in [4.78, 5) is 3.66. The van der Waals surface area contributed by atoms with Crippen molar-refractivity contribution >= 4 is 21.6 Å². The van der Waals surface area contributed by atoms with Gasteiger partial charge in [-0.15, -0.1) is 0 Å². The molecule has 1 aliphatic rings. The number of nitrogens with zero attached hydrogens (tertiary/aromatic N) is 1. The van der Waals surface area contributed by atoms with Gasteiger partial charge in [-0.1, -0.05) is 24.4 Å². The van der Waals surface area contributed by atoms with Crippen LogP contribution in [0.1, 0.15) is 25.7 Å². The number of nitrogens with one attached hydrogen (secondary N) is 1. The molecule has 0 unspecified atom stereocenters.